The molecule has 0 aliphatic carbocycles. The summed E-state index contributed by atoms with van der Waals surface area (Å²) < 4.78 is 0. The van der Waals surface area contributed by atoms with Gasteiger partial charge in [0.2, 0.25) is 0 Å². The fourth-order valence-corrected chi connectivity index (χ4v) is 2.17. The number of benzene rings is 1. The van der Waals surface area contributed by atoms with Crippen molar-refractivity contribution in [3.63, 3.8) is 0 Å². The Balaban J connectivity index is 2.16. The quantitative estimate of drug-likeness (QED) is 0.915. The standard InChI is InChI=1S/C15H16ClNO/c1-10-3-5-13(17-9-10)8-15(18)14-6-4-12(16)7-11(14)2/h3-7,9,15,18H,8H2,1-2H3. The SMILES string of the molecule is Cc1ccc(CC(O)c2ccc(Cl)cc2C)nc1. The summed E-state index contributed by atoms with van der Waals surface area (Å²) in [5.74, 6) is 0. The van der Waals surface area contributed by atoms with E-state index in [2.05, 4.69) is 4.98 Å². The molecular formula is C15H16ClNO. The maximum Gasteiger partial charge on any atom is 0.0848 e. The Labute approximate surface area is 112 Å². The molecule has 0 bridgehead atoms. The molecule has 0 aliphatic rings. The Morgan fingerprint density at radius 2 is 2.00 bits per heavy atom. The second-order valence-corrected chi connectivity index (χ2v) is 4.98. The van der Waals surface area contributed by atoms with Gasteiger partial charge in [0.05, 0.1) is 6.10 Å². The zero-order valence-electron chi connectivity index (χ0n) is 10.5. The van der Waals surface area contributed by atoms with E-state index in [4.69, 9.17) is 11.6 Å². The lowest BCUT2D eigenvalue weighted by atomic mass is 10.00. The highest BCUT2D eigenvalue weighted by Gasteiger charge is 2.12. The zero-order valence-corrected chi connectivity index (χ0v) is 11.3. The molecule has 1 heterocycles. The summed E-state index contributed by atoms with van der Waals surface area (Å²) in [7, 11) is 0. The molecule has 0 fully saturated rings. The minimum atomic E-state index is -0.544. The van der Waals surface area contributed by atoms with Gasteiger partial charge >= 0.3 is 0 Å². The Hall–Kier alpha value is -1.38. The molecule has 1 atom stereocenters. The molecule has 1 N–H and O–H groups in total. The molecule has 2 aromatic rings. The predicted octanol–water partition coefficient (Wildman–Crippen LogP) is 3.63. The van der Waals surface area contributed by atoms with Crippen LogP contribution in [0.2, 0.25) is 5.02 Å². The molecule has 2 rings (SSSR count). The van der Waals surface area contributed by atoms with E-state index in [9.17, 15) is 5.11 Å². The van der Waals surface area contributed by atoms with E-state index in [0.717, 1.165) is 22.4 Å². The molecule has 94 valence electrons. The highest BCUT2D eigenvalue weighted by atomic mass is 35.5. The lowest BCUT2D eigenvalue weighted by molar-refractivity contribution is 0.176. The number of aromatic nitrogens is 1. The molecule has 0 saturated heterocycles. The van der Waals surface area contributed by atoms with Crippen LogP contribution in [0, 0.1) is 13.8 Å². The molecule has 0 aliphatic heterocycles. The van der Waals surface area contributed by atoms with E-state index >= 15 is 0 Å². The Morgan fingerprint density at radius 3 is 2.61 bits per heavy atom. The molecule has 3 heteroatoms. The average Bonchev–Trinajstić information content (AvgIpc) is 2.32. The monoisotopic (exact) mass is 261 g/mol. The zero-order chi connectivity index (χ0) is 13.1. The van der Waals surface area contributed by atoms with Crippen LogP contribution in [0.1, 0.15) is 28.5 Å². The average molecular weight is 262 g/mol. The predicted molar refractivity (Wildman–Crippen MR) is 73.8 cm³/mol. The number of hydrogen-bond donors (Lipinski definition) is 1. The van der Waals surface area contributed by atoms with E-state index in [1.54, 1.807) is 6.07 Å². The highest BCUT2D eigenvalue weighted by Crippen LogP contribution is 2.23. The van der Waals surface area contributed by atoms with Crippen LogP contribution in [0.3, 0.4) is 0 Å². The van der Waals surface area contributed by atoms with Gasteiger partial charge in [-0.25, -0.2) is 0 Å². The fraction of sp³-hybridized carbons (Fsp3) is 0.267. The Morgan fingerprint density at radius 1 is 1.22 bits per heavy atom. The first kappa shape index (κ1) is 13.1. The summed E-state index contributed by atoms with van der Waals surface area (Å²) in [5.41, 5.74) is 3.92. The van der Waals surface area contributed by atoms with Crippen molar-refractivity contribution in [2.24, 2.45) is 0 Å². The first-order chi connectivity index (χ1) is 8.56. The fourth-order valence-electron chi connectivity index (χ4n) is 1.94. The van der Waals surface area contributed by atoms with Crippen LogP contribution in [0.4, 0.5) is 0 Å². The molecule has 1 aromatic heterocycles. The Bertz CT molecular complexity index is 537. The van der Waals surface area contributed by atoms with Gasteiger partial charge in [-0.3, -0.25) is 4.98 Å². The van der Waals surface area contributed by atoms with Crippen molar-refractivity contribution in [1.29, 1.82) is 0 Å². The first-order valence-electron chi connectivity index (χ1n) is 5.92. The van der Waals surface area contributed by atoms with Gasteiger partial charge < -0.3 is 5.11 Å². The van der Waals surface area contributed by atoms with Crippen molar-refractivity contribution < 1.29 is 5.11 Å². The van der Waals surface area contributed by atoms with Gasteiger partial charge in [-0.2, -0.15) is 0 Å². The molecule has 2 nitrogen and oxygen atoms in total. The van der Waals surface area contributed by atoms with E-state index in [-0.39, 0.29) is 0 Å². The highest BCUT2D eigenvalue weighted by molar-refractivity contribution is 6.30. The van der Waals surface area contributed by atoms with Crippen molar-refractivity contribution in [3.05, 3.63) is 63.9 Å². The molecule has 0 radical (unpaired) electrons. The number of aliphatic hydroxyl groups excluding tert-OH is 1. The molecular weight excluding hydrogens is 246 g/mol. The van der Waals surface area contributed by atoms with E-state index < -0.39 is 6.10 Å². The second-order valence-electron chi connectivity index (χ2n) is 4.55. The third kappa shape index (κ3) is 3.09. The third-order valence-corrected chi connectivity index (χ3v) is 3.20. The summed E-state index contributed by atoms with van der Waals surface area (Å²) in [6.45, 7) is 3.95. The van der Waals surface area contributed by atoms with Crippen LogP contribution in [0.5, 0.6) is 0 Å². The number of rotatable bonds is 3. The van der Waals surface area contributed by atoms with Crippen LogP contribution in [0.25, 0.3) is 0 Å². The largest absolute Gasteiger partial charge is 0.388 e. The van der Waals surface area contributed by atoms with Crippen LogP contribution >= 0.6 is 11.6 Å². The first-order valence-corrected chi connectivity index (χ1v) is 6.29. The minimum absolute atomic E-state index is 0.517. The number of aliphatic hydroxyl groups is 1. The van der Waals surface area contributed by atoms with Crippen molar-refractivity contribution in [3.8, 4) is 0 Å². The van der Waals surface area contributed by atoms with Gasteiger partial charge in [-0.05, 0) is 48.7 Å². The number of halogens is 1. The summed E-state index contributed by atoms with van der Waals surface area (Å²) >= 11 is 5.91. The van der Waals surface area contributed by atoms with Crippen molar-refractivity contribution in [1.82, 2.24) is 4.98 Å². The normalized spacial score (nSPS) is 12.4. The van der Waals surface area contributed by atoms with Gasteiger partial charge in [-0.1, -0.05) is 23.7 Å². The smallest absolute Gasteiger partial charge is 0.0848 e. The summed E-state index contributed by atoms with van der Waals surface area (Å²) in [5, 5.41) is 10.9. The van der Waals surface area contributed by atoms with Crippen molar-refractivity contribution >= 4 is 11.6 Å². The molecule has 1 aromatic carbocycles. The van der Waals surface area contributed by atoms with E-state index in [1.165, 1.54) is 0 Å². The maximum absolute atomic E-state index is 10.2. The number of aryl methyl sites for hydroxylation is 2. The van der Waals surface area contributed by atoms with Crippen molar-refractivity contribution in [2.45, 2.75) is 26.4 Å². The summed E-state index contributed by atoms with van der Waals surface area (Å²) in [4.78, 5) is 4.30. The third-order valence-electron chi connectivity index (χ3n) is 2.97. The molecule has 0 saturated carbocycles. The number of nitrogens with zero attached hydrogens (tertiary/aromatic N) is 1. The minimum Gasteiger partial charge on any atom is -0.388 e. The topological polar surface area (TPSA) is 33.1 Å². The lowest BCUT2D eigenvalue weighted by Crippen LogP contribution is -2.05. The van der Waals surface area contributed by atoms with Crippen LogP contribution in [-0.4, -0.2) is 10.1 Å². The second kappa shape index (κ2) is 5.51. The summed E-state index contributed by atoms with van der Waals surface area (Å²) in [6.07, 6.45) is 1.79. The van der Waals surface area contributed by atoms with Gasteiger partial charge in [0.1, 0.15) is 0 Å². The molecule has 0 spiro atoms. The molecule has 18 heavy (non-hydrogen) atoms. The van der Waals surface area contributed by atoms with Gasteiger partial charge in [-0.15, -0.1) is 0 Å². The van der Waals surface area contributed by atoms with Crippen LogP contribution in [-0.2, 0) is 6.42 Å². The number of pyridine rings is 1. The molecule has 1 unspecified atom stereocenters. The van der Waals surface area contributed by atoms with Crippen LogP contribution < -0.4 is 0 Å². The summed E-state index contributed by atoms with van der Waals surface area (Å²) in [6, 6.07) is 9.49. The van der Waals surface area contributed by atoms with Gasteiger partial charge in [0, 0.05) is 23.3 Å². The van der Waals surface area contributed by atoms with Crippen LogP contribution in [0.15, 0.2) is 36.5 Å². The maximum atomic E-state index is 10.2. The lowest BCUT2D eigenvalue weighted by Gasteiger charge is -2.13. The van der Waals surface area contributed by atoms with E-state index in [1.807, 2.05) is 44.3 Å². The number of hydrogen-bond acceptors (Lipinski definition) is 2. The Kier molecular flexibility index (Phi) is 4.00. The van der Waals surface area contributed by atoms with E-state index in [0.29, 0.717) is 11.4 Å². The molecule has 0 amide bonds. The van der Waals surface area contributed by atoms with Gasteiger partial charge in [0.15, 0.2) is 0 Å². The van der Waals surface area contributed by atoms with Crippen molar-refractivity contribution in [2.75, 3.05) is 0 Å². The van der Waals surface area contributed by atoms with Gasteiger partial charge in [0.25, 0.3) is 0 Å².